The monoisotopic (exact) mass is 396 g/mol. The molecule has 3 aromatic rings. The van der Waals surface area contributed by atoms with Crippen molar-refractivity contribution in [1.82, 2.24) is 0 Å². The van der Waals surface area contributed by atoms with Crippen LogP contribution in [0.2, 0.25) is 0 Å². The van der Waals surface area contributed by atoms with Gasteiger partial charge >= 0.3 is 0 Å². The van der Waals surface area contributed by atoms with E-state index in [0.717, 1.165) is 18.1 Å². The van der Waals surface area contributed by atoms with Crippen molar-refractivity contribution in [1.29, 1.82) is 0 Å². The van der Waals surface area contributed by atoms with Crippen LogP contribution < -0.4 is 0 Å². The Balaban J connectivity index is 1.62. The number of benzene rings is 3. The van der Waals surface area contributed by atoms with Gasteiger partial charge < -0.3 is 5.11 Å². The summed E-state index contributed by atoms with van der Waals surface area (Å²) in [5.41, 5.74) is 2.16. The van der Waals surface area contributed by atoms with Crippen molar-refractivity contribution >= 4 is 0 Å². The number of phenolic OH excluding ortho intramolecular Hbond substituents is 1. The second kappa shape index (κ2) is 7.94. The van der Waals surface area contributed by atoms with Gasteiger partial charge in [-0.05, 0) is 53.5 Å². The normalized spacial score (nSPS) is 19.3. The molecule has 0 spiro atoms. The van der Waals surface area contributed by atoms with Gasteiger partial charge in [0.05, 0.1) is 0 Å². The van der Waals surface area contributed by atoms with E-state index in [4.69, 9.17) is 0 Å². The first-order valence-electron chi connectivity index (χ1n) is 10.0. The van der Waals surface area contributed by atoms with Crippen molar-refractivity contribution in [2.45, 2.75) is 38.5 Å². The molecule has 0 radical (unpaired) electrons. The van der Waals surface area contributed by atoms with E-state index in [1.165, 1.54) is 49.4 Å². The molecular weight excluding hydrogens is 373 g/mol. The zero-order valence-electron chi connectivity index (χ0n) is 16.3. The fourth-order valence-corrected chi connectivity index (χ4v) is 4.20. The van der Waals surface area contributed by atoms with Crippen LogP contribution >= 0.6 is 0 Å². The molecule has 0 saturated heterocycles. The predicted molar refractivity (Wildman–Crippen MR) is 109 cm³/mol. The Morgan fingerprint density at radius 3 is 1.86 bits per heavy atom. The van der Waals surface area contributed by atoms with Gasteiger partial charge in [-0.1, -0.05) is 62.2 Å². The molecule has 4 rings (SSSR count). The Bertz CT molecular complexity index is 1020. The molecular formula is C25H23F3O. The summed E-state index contributed by atoms with van der Waals surface area (Å²) >= 11 is 0. The van der Waals surface area contributed by atoms with Crippen molar-refractivity contribution in [3.8, 4) is 28.0 Å². The highest BCUT2D eigenvalue weighted by Gasteiger charge is 2.20. The lowest BCUT2D eigenvalue weighted by atomic mass is 9.79. The van der Waals surface area contributed by atoms with Crippen molar-refractivity contribution in [2.24, 2.45) is 5.92 Å². The Labute approximate surface area is 168 Å². The first kappa shape index (κ1) is 19.6. The summed E-state index contributed by atoms with van der Waals surface area (Å²) in [5.74, 6) is -2.08. The number of hydrogen-bond donors (Lipinski definition) is 1. The van der Waals surface area contributed by atoms with Crippen molar-refractivity contribution in [3.63, 3.8) is 0 Å². The van der Waals surface area contributed by atoms with Crippen LogP contribution in [0, 0.1) is 23.4 Å². The van der Waals surface area contributed by atoms with Gasteiger partial charge in [-0.3, -0.25) is 0 Å². The molecule has 0 heterocycles. The predicted octanol–water partition coefficient (Wildman–Crippen LogP) is 7.44. The summed E-state index contributed by atoms with van der Waals surface area (Å²) in [6.07, 6.45) is 4.79. The van der Waals surface area contributed by atoms with E-state index in [1.54, 1.807) is 0 Å². The zero-order chi connectivity index (χ0) is 20.5. The van der Waals surface area contributed by atoms with Crippen LogP contribution in [0.5, 0.6) is 5.75 Å². The number of rotatable bonds is 3. The molecule has 1 nitrogen and oxygen atoms in total. The lowest BCUT2D eigenvalue weighted by molar-refractivity contribution is 0.348. The van der Waals surface area contributed by atoms with Gasteiger partial charge in [0.15, 0.2) is 23.2 Å². The first-order chi connectivity index (χ1) is 13.9. The molecule has 0 unspecified atom stereocenters. The molecule has 1 fully saturated rings. The minimum absolute atomic E-state index is 0.0434. The summed E-state index contributed by atoms with van der Waals surface area (Å²) < 4.78 is 43.1. The maximum Gasteiger partial charge on any atom is 0.167 e. The average molecular weight is 396 g/mol. The van der Waals surface area contributed by atoms with E-state index in [1.807, 2.05) is 24.3 Å². The summed E-state index contributed by atoms with van der Waals surface area (Å²) in [6, 6.07) is 14.1. The second-order valence-electron chi connectivity index (χ2n) is 8.03. The molecule has 1 N–H and O–H groups in total. The highest BCUT2D eigenvalue weighted by molar-refractivity contribution is 5.72. The molecule has 0 amide bonds. The molecule has 4 heteroatoms. The average Bonchev–Trinajstić information content (AvgIpc) is 2.73. The van der Waals surface area contributed by atoms with Gasteiger partial charge in [0.25, 0.3) is 0 Å². The highest BCUT2D eigenvalue weighted by Crippen LogP contribution is 2.37. The Hall–Kier alpha value is -2.75. The van der Waals surface area contributed by atoms with E-state index < -0.39 is 23.2 Å². The fourth-order valence-electron chi connectivity index (χ4n) is 4.20. The third kappa shape index (κ3) is 3.89. The first-order valence-corrected chi connectivity index (χ1v) is 10.0. The summed E-state index contributed by atoms with van der Waals surface area (Å²) in [5, 5.41) is 9.29. The quantitative estimate of drug-likeness (QED) is 0.488. The van der Waals surface area contributed by atoms with E-state index in [-0.39, 0.29) is 16.7 Å². The molecule has 150 valence electrons. The Morgan fingerprint density at radius 1 is 0.724 bits per heavy atom. The highest BCUT2D eigenvalue weighted by atomic mass is 19.2. The minimum Gasteiger partial charge on any atom is -0.505 e. The van der Waals surface area contributed by atoms with Crippen LogP contribution in [-0.4, -0.2) is 5.11 Å². The van der Waals surface area contributed by atoms with Gasteiger partial charge in [-0.2, -0.15) is 0 Å². The molecule has 0 aliphatic heterocycles. The van der Waals surface area contributed by atoms with Gasteiger partial charge in [0, 0.05) is 11.1 Å². The standard InChI is InChI=1S/C25H23F3O/c1-15-2-4-16(5-3-15)17-6-8-18(9-7-17)20-11-12-21(25(28)24(20)27)19-10-13-23(29)22(26)14-19/h6-16,29H,2-5H2,1H3. The molecule has 0 bridgehead atoms. The van der Waals surface area contributed by atoms with Crippen LogP contribution in [0.25, 0.3) is 22.3 Å². The van der Waals surface area contributed by atoms with Crippen LogP contribution in [-0.2, 0) is 0 Å². The fraction of sp³-hybridized carbons (Fsp3) is 0.280. The number of hydrogen-bond acceptors (Lipinski definition) is 1. The SMILES string of the molecule is CC1CCC(c2ccc(-c3ccc(-c4ccc(O)c(F)c4)c(F)c3F)cc2)CC1. The summed E-state index contributed by atoms with van der Waals surface area (Å²) in [4.78, 5) is 0. The molecule has 0 atom stereocenters. The maximum atomic E-state index is 14.8. The van der Waals surface area contributed by atoms with Gasteiger partial charge in [0.2, 0.25) is 0 Å². The Morgan fingerprint density at radius 2 is 1.28 bits per heavy atom. The van der Waals surface area contributed by atoms with Crippen molar-refractivity contribution < 1.29 is 18.3 Å². The zero-order valence-corrected chi connectivity index (χ0v) is 16.3. The third-order valence-electron chi connectivity index (χ3n) is 6.05. The smallest absolute Gasteiger partial charge is 0.167 e. The van der Waals surface area contributed by atoms with Gasteiger partial charge in [-0.15, -0.1) is 0 Å². The van der Waals surface area contributed by atoms with E-state index in [9.17, 15) is 18.3 Å². The third-order valence-corrected chi connectivity index (χ3v) is 6.05. The summed E-state index contributed by atoms with van der Waals surface area (Å²) in [7, 11) is 0. The van der Waals surface area contributed by atoms with Crippen LogP contribution in [0.1, 0.15) is 44.1 Å². The number of phenols is 1. The molecule has 1 aliphatic rings. The van der Waals surface area contributed by atoms with Crippen molar-refractivity contribution in [2.75, 3.05) is 0 Å². The number of aromatic hydroxyl groups is 1. The van der Waals surface area contributed by atoms with E-state index in [2.05, 4.69) is 6.92 Å². The van der Waals surface area contributed by atoms with Gasteiger partial charge in [0.1, 0.15) is 0 Å². The van der Waals surface area contributed by atoms with E-state index >= 15 is 0 Å². The maximum absolute atomic E-state index is 14.8. The molecule has 1 saturated carbocycles. The number of halogens is 3. The van der Waals surface area contributed by atoms with Gasteiger partial charge in [-0.25, -0.2) is 13.2 Å². The van der Waals surface area contributed by atoms with E-state index in [0.29, 0.717) is 11.5 Å². The molecule has 29 heavy (non-hydrogen) atoms. The largest absolute Gasteiger partial charge is 0.505 e. The molecule has 3 aromatic carbocycles. The lowest BCUT2D eigenvalue weighted by Crippen LogP contribution is -2.10. The molecule has 1 aliphatic carbocycles. The Kier molecular flexibility index (Phi) is 5.35. The molecule has 0 aromatic heterocycles. The summed E-state index contributed by atoms with van der Waals surface area (Å²) in [6.45, 7) is 2.28. The topological polar surface area (TPSA) is 20.2 Å². The second-order valence-corrected chi connectivity index (χ2v) is 8.03. The lowest BCUT2D eigenvalue weighted by Gasteiger charge is -2.26. The van der Waals surface area contributed by atoms with Crippen LogP contribution in [0.15, 0.2) is 54.6 Å². The van der Waals surface area contributed by atoms with Crippen LogP contribution in [0.4, 0.5) is 13.2 Å². The minimum atomic E-state index is -1.03. The van der Waals surface area contributed by atoms with Crippen molar-refractivity contribution in [3.05, 3.63) is 77.6 Å². The van der Waals surface area contributed by atoms with Crippen LogP contribution in [0.3, 0.4) is 0 Å².